The lowest BCUT2D eigenvalue weighted by Crippen LogP contribution is -2.41. The van der Waals surface area contributed by atoms with E-state index < -0.39 is 0 Å². The monoisotopic (exact) mass is 411 g/mol. The predicted molar refractivity (Wildman–Crippen MR) is 109 cm³/mol. The Hall–Kier alpha value is -2.38. The van der Waals surface area contributed by atoms with Gasteiger partial charge in [0.1, 0.15) is 10.9 Å². The Balaban J connectivity index is 1.76. The van der Waals surface area contributed by atoms with Crippen LogP contribution in [0, 0.1) is 0 Å². The number of aliphatic imine (C=N–C) groups is 1. The summed E-state index contributed by atoms with van der Waals surface area (Å²) in [5.41, 5.74) is 1.48. The summed E-state index contributed by atoms with van der Waals surface area (Å²) >= 11 is 12.1. The minimum atomic E-state index is -0.160. The lowest BCUT2D eigenvalue weighted by atomic mass is 10.2. The topological polar surface area (TPSA) is 79.7 Å². The molecule has 0 atom stereocenters. The van der Waals surface area contributed by atoms with Crippen LogP contribution in [0.5, 0.6) is 5.75 Å². The maximum absolute atomic E-state index is 12.1. The first-order valence-corrected chi connectivity index (χ1v) is 9.08. The highest BCUT2D eigenvalue weighted by molar-refractivity contribution is 6.41. The number of methoxy groups -OCH3 is 1. The van der Waals surface area contributed by atoms with Crippen LogP contribution in [0.15, 0.2) is 35.3 Å². The number of carbonyl (C=O) groups is 1. The van der Waals surface area contributed by atoms with Crippen molar-refractivity contribution in [3.05, 3.63) is 51.8 Å². The fourth-order valence-electron chi connectivity index (χ4n) is 2.38. The summed E-state index contributed by atoms with van der Waals surface area (Å²) in [6.45, 7) is 1.47. The number of hydrogen-bond acceptors (Lipinski definition) is 3. The van der Waals surface area contributed by atoms with Gasteiger partial charge in [-0.3, -0.25) is 9.79 Å². The summed E-state index contributed by atoms with van der Waals surface area (Å²) < 4.78 is 6.93. The van der Waals surface area contributed by atoms with Gasteiger partial charge in [0.2, 0.25) is 0 Å². The van der Waals surface area contributed by atoms with Crippen LogP contribution in [-0.4, -0.2) is 43.7 Å². The molecule has 1 aromatic carbocycles. The van der Waals surface area contributed by atoms with Crippen molar-refractivity contribution in [2.75, 3.05) is 27.2 Å². The highest BCUT2D eigenvalue weighted by Gasteiger charge is 2.09. The van der Waals surface area contributed by atoms with Crippen LogP contribution in [0.3, 0.4) is 0 Å². The third kappa shape index (κ3) is 5.80. The van der Waals surface area contributed by atoms with E-state index in [0.29, 0.717) is 47.1 Å². The largest absolute Gasteiger partial charge is 0.497 e. The molecule has 0 aliphatic rings. The number of halogens is 2. The minimum Gasteiger partial charge on any atom is -0.497 e. The summed E-state index contributed by atoms with van der Waals surface area (Å²) in [7, 11) is 5.08. The molecule has 0 saturated carbocycles. The number of rotatable bonds is 7. The maximum atomic E-state index is 12.1. The molecule has 0 aliphatic heterocycles. The van der Waals surface area contributed by atoms with Crippen LogP contribution in [0.4, 0.5) is 0 Å². The van der Waals surface area contributed by atoms with Crippen molar-refractivity contribution in [3.8, 4) is 5.75 Å². The molecule has 0 aliphatic carbocycles. The molecule has 0 saturated heterocycles. The molecule has 7 nitrogen and oxygen atoms in total. The molecule has 27 heavy (non-hydrogen) atoms. The molecule has 0 radical (unpaired) electrons. The summed E-state index contributed by atoms with van der Waals surface area (Å²) in [6, 6.07) is 8.81. The average molecular weight is 412 g/mol. The van der Waals surface area contributed by atoms with E-state index in [0.717, 1.165) is 5.69 Å². The van der Waals surface area contributed by atoms with Gasteiger partial charge in [0, 0.05) is 38.4 Å². The Morgan fingerprint density at radius 1 is 1.19 bits per heavy atom. The molecule has 146 valence electrons. The van der Waals surface area contributed by atoms with Crippen molar-refractivity contribution in [2.24, 2.45) is 12.0 Å². The zero-order valence-electron chi connectivity index (χ0n) is 15.5. The Bertz CT molecular complexity index is 820. The van der Waals surface area contributed by atoms with Gasteiger partial charge in [0.15, 0.2) is 5.96 Å². The van der Waals surface area contributed by atoms with Gasteiger partial charge in [-0.1, -0.05) is 29.3 Å². The number of guanidine groups is 1. The summed E-state index contributed by atoms with van der Waals surface area (Å²) in [5, 5.41) is 10.2. The molecule has 1 amide bonds. The van der Waals surface area contributed by atoms with Crippen LogP contribution in [0.2, 0.25) is 10.2 Å². The van der Waals surface area contributed by atoms with E-state index in [4.69, 9.17) is 27.9 Å². The van der Waals surface area contributed by atoms with Gasteiger partial charge >= 0.3 is 0 Å². The molecule has 0 bridgehead atoms. The first kappa shape index (κ1) is 20.9. The molecule has 2 aromatic rings. The van der Waals surface area contributed by atoms with Crippen LogP contribution >= 0.6 is 23.2 Å². The maximum Gasteiger partial charge on any atom is 0.251 e. The molecule has 9 heteroatoms. The van der Waals surface area contributed by atoms with Crippen molar-refractivity contribution in [3.63, 3.8) is 0 Å². The van der Waals surface area contributed by atoms with Crippen molar-refractivity contribution in [1.82, 2.24) is 20.5 Å². The Labute approximate surface area is 168 Å². The molecule has 1 aromatic heterocycles. The van der Waals surface area contributed by atoms with E-state index >= 15 is 0 Å². The fraction of sp³-hybridized carbons (Fsp3) is 0.333. The SMILES string of the molecule is CN=C(NCCNC(=O)c1cccc(OC)c1)NCc1cc(Cl)c(Cl)n1C. The van der Waals surface area contributed by atoms with Crippen LogP contribution < -0.4 is 20.7 Å². The van der Waals surface area contributed by atoms with Crippen molar-refractivity contribution in [2.45, 2.75) is 6.54 Å². The molecule has 0 fully saturated rings. The number of nitrogens with one attached hydrogen (secondary N) is 3. The predicted octanol–water partition coefficient (Wildman–Crippen LogP) is 2.44. The smallest absolute Gasteiger partial charge is 0.251 e. The standard InChI is InChI=1S/C18H23Cl2N5O2/c1-21-18(24-11-13-10-15(19)16(20)25(13)2)23-8-7-22-17(26)12-5-4-6-14(9-12)27-3/h4-6,9-10H,7-8,11H2,1-3H3,(H,22,26)(H2,21,23,24). The summed E-state index contributed by atoms with van der Waals surface area (Å²) in [4.78, 5) is 16.3. The molecule has 0 unspecified atom stereocenters. The highest BCUT2D eigenvalue weighted by Crippen LogP contribution is 2.24. The third-order valence-corrected chi connectivity index (χ3v) is 4.75. The van der Waals surface area contributed by atoms with Gasteiger partial charge < -0.3 is 25.3 Å². The molecule has 2 rings (SSSR count). The number of aromatic nitrogens is 1. The average Bonchev–Trinajstić information content (AvgIpc) is 2.94. The summed E-state index contributed by atoms with van der Waals surface area (Å²) in [6.07, 6.45) is 0. The highest BCUT2D eigenvalue weighted by atomic mass is 35.5. The van der Waals surface area contributed by atoms with Crippen molar-refractivity contribution in [1.29, 1.82) is 0 Å². The summed E-state index contributed by atoms with van der Waals surface area (Å²) in [5.74, 6) is 1.09. The first-order chi connectivity index (χ1) is 13.0. The van der Waals surface area contributed by atoms with E-state index in [-0.39, 0.29) is 5.91 Å². The second kappa shape index (κ2) is 10.1. The number of ether oxygens (including phenoxy) is 1. The zero-order chi connectivity index (χ0) is 19.8. The van der Waals surface area contributed by atoms with E-state index in [2.05, 4.69) is 20.9 Å². The zero-order valence-corrected chi connectivity index (χ0v) is 17.0. The number of nitrogens with zero attached hydrogens (tertiary/aromatic N) is 2. The lowest BCUT2D eigenvalue weighted by molar-refractivity contribution is 0.0954. The van der Waals surface area contributed by atoms with E-state index in [9.17, 15) is 4.79 Å². The van der Waals surface area contributed by atoms with Gasteiger partial charge in [-0.15, -0.1) is 0 Å². The number of hydrogen-bond donors (Lipinski definition) is 3. The molecule has 0 spiro atoms. The third-order valence-electron chi connectivity index (χ3n) is 3.91. The molecular weight excluding hydrogens is 389 g/mol. The van der Waals surface area contributed by atoms with Gasteiger partial charge in [0.25, 0.3) is 5.91 Å². The van der Waals surface area contributed by atoms with Gasteiger partial charge in [-0.2, -0.15) is 0 Å². The number of benzene rings is 1. The number of amides is 1. The minimum absolute atomic E-state index is 0.160. The number of carbonyl (C=O) groups excluding carboxylic acids is 1. The van der Waals surface area contributed by atoms with E-state index in [1.165, 1.54) is 0 Å². The van der Waals surface area contributed by atoms with Gasteiger partial charge in [-0.25, -0.2) is 0 Å². The Morgan fingerprint density at radius 3 is 2.56 bits per heavy atom. The van der Waals surface area contributed by atoms with Crippen LogP contribution in [0.1, 0.15) is 16.1 Å². The molecule has 1 heterocycles. The molecule has 3 N–H and O–H groups in total. The quantitative estimate of drug-likeness (QED) is 0.371. The molecular formula is C18H23Cl2N5O2. The second-order valence-corrected chi connectivity index (χ2v) is 6.44. The van der Waals surface area contributed by atoms with Crippen molar-refractivity contribution < 1.29 is 9.53 Å². The normalized spacial score (nSPS) is 11.2. The van der Waals surface area contributed by atoms with Gasteiger partial charge in [0.05, 0.1) is 18.7 Å². The Morgan fingerprint density at radius 2 is 1.93 bits per heavy atom. The van der Waals surface area contributed by atoms with E-state index in [1.54, 1.807) is 49.1 Å². The van der Waals surface area contributed by atoms with E-state index in [1.807, 2.05) is 7.05 Å². The Kier molecular flexibility index (Phi) is 7.82. The fourth-order valence-corrected chi connectivity index (χ4v) is 2.79. The van der Waals surface area contributed by atoms with Crippen molar-refractivity contribution >= 4 is 35.1 Å². The first-order valence-electron chi connectivity index (χ1n) is 8.32. The van der Waals surface area contributed by atoms with Crippen LogP contribution in [0.25, 0.3) is 0 Å². The second-order valence-electron chi connectivity index (χ2n) is 5.67. The van der Waals surface area contributed by atoms with Gasteiger partial charge in [-0.05, 0) is 24.3 Å². The lowest BCUT2D eigenvalue weighted by Gasteiger charge is -2.13. The van der Waals surface area contributed by atoms with Crippen LogP contribution in [-0.2, 0) is 13.6 Å².